The molecule has 2 heteroatoms. The maximum Gasteiger partial charge on any atom is 0.128 e. The van der Waals surface area contributed by atoms with Gasteiger partial charge in [-0.15, -0.1) is 0 Å². The van der Waals surface area contributed by atoms with Crippen LogP contribution in [0.3, 0.4) is 0 Å². The number of aliphatic hydroxyl groups is 1. The molecule has 1 saturated carbocycles. The molecule has 0 aromatic heterocycles. The lowest BCUT2D eigenvalue weighted by Gasteiger charge is -2.29. The molecule has 1 aliphatic rings. The molecule has 17 heavy (non-hydrogen) atoms. The number of hydrogen-bond acceptors (Lipinski definition) is 1. The third kappa shape index (κ3) is 3.55. The lowest BCUT2D eigenvalue weighted by molar-refractivity contribution is -0.911. The quantitative estimate of drug-likeness (QED) is 0.812. The zero-order valence-electron chi connectivity index (χ0n) is 10.7. The van der Waals surface area contributed by atoms with Gasteiger partial charge < -0.3 is 10.0 Å². The third-order valence-electron chi connectivity index (χ3n) is 4.00. The number of quaternary nitrogens is 1. The Morgan fingerprint density at radius 3 is 2.47 bits per heavy atom. The van der Waals surface area contributed by atoms with Crippen molar-refractivity contribution in [1.29, 1.82) is 0 Å². The van der Waals surface area contributed by atoms with E-state index in [-0.39, 0.29) is 6.10 Å². The SMILES string of the molecule is C[NH+](C[C@H](O)c1ccccc1)C1CCCCC1. The molecule has 0 radical (unpaired) electrons. The summed E-state index contributed by atoms with van der Waals surface area (Å²) in [5, 5.41) is 10.2. The van der Waals surface area contributed by atoms with Crippen molar-refractivity contribution in [1.82, 2.24) is 0 Å². The van der Waals surface area contributed by atoms with E-state index in [2.05, 4.69) is 7.05 Å². The molecule has 1 unspecified atom stereocenters. The van der Waals surface area contributed by atoms with Crippen molar-refractivity contribution in [2.24, 2.45) is 0 Å². The Balaban J connectivity index is 1.87. The monoisotopic (exact) mass is 234 g/mol. The van der Waals surface area contributed by atoms with Gasteiger partial charge in [-0.05, 0) is 31.2 Å². The molecule has 94 valence electrons. The van der Waals surface area contributed by atoms with Crippen molar-refractivity contribution in [2.45, 2.75) is 44.2 Å². The zero-order valence-corrected chi connectivity index (χ0v) is 10.7. The van der Waals surface area contributed by atoms with Crippen LogP contribution in [0.15, 0.2) is 30.3 Å². The van der Waals surface area contributed by atoms with Gasteiger partial charge in [0.15, 0.2) is 0 Å². The number of aliphatic hydroxyl groups excluding tert-OH is 1. The highest BCUT2D eigenvalue weighted by atomic mass is 16.3. The van der Waals surface area contributed by atoms with Gasteiger partial charge in [0.2, 0.25) is 0 Å². The van der Waals surface area contributed by atoms with E-state index < -0.39 is 0 Å². The van der Waals surface area contributed by atoms with Crippen LogP contribution in [0.25, 0.3) is 0 Å². The minimum atomic E-state index is -0.321. The minimum absolute atomic E-state index is 0.321. The van der Waals surface area contributed by atoms with E-state index in [0.29, 0.717) is 0 Å². The average molecular weight is 234 g/mol. The average Bonchev–Trinajstić information content (AvgIpc) is 2.40. The second-order valence-corrected chi connectivity index (χ2v) is 5.31. The van der Waals surface area contributed by atoms with Crippen LogP contribution in [0.1, 0.15) is 43.8 Å². The van der Waals surface area contributed by atoms with Crippen LogP contribution in [-0.2, 0) is 0 Å². The maximum absolute atomic E-state index is 10.2. The standard InChI is InChI=1S/C15H23NO/c1-16(14-10-6-3-7-11-14)12-15(17)13-8-4-2-5-9-13/h2,4-5,8-9,14-15,17H,3,6-7,10-12H2,1H3/p+1/t15-/m0/s1. The van der Waals surface area contributed by atoms with Crippen LogP contribution in [0.4, 0.5) is 0 Å². The summed E-state index contributed by atoms with van der Waals surface area (Å²) in [6, 6.07) is 10.8. The van der Waals surface area contributed by atoms with Gasteiger partial charge in [-0.2, -0.15) is 0 Å². The van der Waals surface area contributed by atoms with Gasteiger partial charge in [-0.3, -0.25) is 0 Å². The smallest absolute Gasteiger partial charge is 0.128 e. The van der Waals surface area contributed by atoms with E-state index in [9.17, 15) is 5.11 Å². The molecule has 2 atom stereocenters. The van der Waals surface area contributed by atoms with Crippen LogP contribution in [-0.4, -0.2) is 24.7 Å². The predicted molar refractivity (Wildman–Crippen MR) is 70.0 cm³/mol. The largest absolute Gasteiger partial charge is 0.382 e. The Hall–Kier alpha value is -0.860. The molecule has 2 N–H and O–H groups in total. The molecule has 0 amide bonds. The highest BCUT2D eigenvalue weighted by molar-refractivity contribution is 5.17. The summed E-state index contributed by atoms with van der Waals surface area (Å²) in [4.78, 5) is 1.49. The van der Waals surface area contributed by atoms with E-state index in [1.807, 2.05) is 30.3 Å². The molecule has 1 aromatic rings. The van der Waals surface area contributed by atoms with Gasteiger partial charge in [0.25, 0.3) is 0 Å². The lowest BCUT2D eigenvalue weighted by Crippen LogP contribution is -3.13. The first-order chi connectivity index (χ1) is 8.27. The molecule has 0 saturated heterocycles. The second kappa shape index (κ2) is 6.18. The number of nitrogens with one attached hydrogen (secondary N) is 1. The summed E-state index contributed by atoms with van der Waals surface area (Å²) in [6.07, 6.45) is 6.46. The van der Waals surface area contributed by atoms with E-state index in [1.54, 1.807) is 0 Å². The molecule has 2 nitrogen and oxygen atoms in total. The first-order valence-electron chi connectivity index (χ1n) is 6.82. The van der Waals surface area contributed by atoms with E-state index >= 15 is 0 Å². The van der Waals surface area contributed by atoms with Gasteiger partial charge >= 0.3 is 0 Å². The van der Waals surface area contributed by atoms with Crippen LogP contribution in [0.5, 0.6) is 0 Å². The van der Waals surface area contributed by atoms with E-state index in [1.165, 1.54) is 37.0 Å². The normalized spacial score (nSPS) is 21.1. The Bertz CT molecular complexity index is 319. The molecule has 0 aliphatic heterocycles. The van der Waals surface area contributed by atoms with Crippen LogP contribution >= 0.6 is 0 Å². The molecule has 2 rings (SSSR count). The molecule has 0 bridgehead atoms. The first-order valence-corrected chi connectivity index (χ1v) is 6.82. The summed E-state index contributed by atoms with van der Waals surface area (Å²) in [5.41, 5.74) is 1.04. The number of benzene rings is 1. The minimum Gasteiger partial charge on any atom is -0.382 e. The topological polar surface area (TPSA) is 24.7 Å². The van der Waals surface area contributed by atoms with Crippen molar-refractivity contribution >= 4 is 0 Å². The fourth-order valence-electron chi connectivity index (χ4n) is 2.86. The molecule has 1 aromatic carbocycles. The molecule has 1 fully saturated rings. The summed E-state index contributed by atoms with van der Waals surface area (Å²) in [5.74, 6) is 0. The van der Waals surface area contributed by atoms with Crippen molar-refractivity contribution in [3.63, 3.8) is 0 Å². The molecule has 1 aliphatic carbocycles. The highest BCUT2D eigenvalue weighted by Gasteiger charge is 2.23. The van der Waals surface area contributed by atoms with Crippen LogP contribution in [0.2, 0.25) is 0 Å². The molecular weight excluding hydrogens is 210 g/mol. The Morgan fingerprint density at radius 1 is 1.18 bits per heavy atom. The van der Waals surface area contributed by atoms with E-state index in [0.717, 1.165) is 18.2 Å². The Labute approximate surface area is 104 Å². The van der Waals surface area contributed by atoms with Gasteiger partial charge in [-0.1, -0.05) is 36.8 Å². The highest BCUT2D eigenvalue weighted by Crippen LogP contribution is 2.16. The van der Waals surface area contributed by atoms with Crippen LogP contribution in [0, 0.1) is 0 Å². The maximum atomic E-state index is 10.2. The predicted octanol–water partition coefficient (Wildman–Crippen LogP) is 1.57. The third-order valence-corrected chi connectivity index (χ3v) is 4.00. The number of hydrogen-bond donors (Lipinski definition) is 2. The Kier molecular flexibility index (Phi) is 4.57. The first kappa shape index (κ1) is 12.6. The zero-order chi connectivity index (χ0) is 12.1. The van der Waals surface area contributed by atoms with Crippen molar-refractivity contribution in [2.75, 3.05) is 13.6 Å². The van der Waals surface area contributed by atoms with Crippen molar-refractivity contribution in [3.05, 3.63) is 35.9 Å². The van der Waals surface area contributed by atoms with Gasteiger partial charge in [-0.25, -0.2) is 0 Å². The van der Waals surface area contributed by atoms with Gasteiger partial charge in [0, 0.05) is 0 Å². The van der Waals surface area contributed by atoms with E-state index in [4.69, 9.17) is 0 Å². The summed E-state index contributed by atoms with van der Waals surface area (Å²) < 4.78 is 0. The van der Waals surface area contributed by atoms with Crippen LogP contribution < -0.4 is 4.90 Å². The Morgan fingerprint density at radius 2 is 1.82 bits per heavy atom. The number of likely N-dealkylation sites (N-methyl/N-ethyl adjacent to an activating group) is 1. The van der Waals surface area contributed by atoms with Crippen molar-refractivity contribution in [3.8, 4) is 0 Å². The summed E-state index contributed by atoms with van der Waals surface area (Å²) in [6.45, 7) is 0.828. The second-order valence-electron chi connectivity index (χ2n) is 5.31. The van der Waals surface area contributed by atoms with Gasteiger partial charge in [0.05, 0.1) is 13.1 Å². The fraction of sp³-hybridized carbons (Fsp3) is 0.600. The fourth-order valence-corrected chi connectivity index (χ4v) is 2.86. The summed E-state index contributed by atoms with van der Waals surface area (Å²) in [7, 11) is 2.22. The van der Waals surface area contributed by atoms with Gasteiger partial charge in [0.1, 0.15) is 12.6 Å². The molecule has 0 heterocycles. The number of rotatable bonds is 4. The lowest BCUT2D eigenvalue weighted by atomic mass is 9.94. The summed E-state index contributed by atoms with van der Waals surface area (Å²) >= 11 is 0. The molecular formula is C15H24NO+. The molecule has 0 spiro atoms. The van der Waals surface area contributed by atoms with Crippen molar-refractivity contribution < 1.29 is 10.0 Å².